The molecular weight excluding hydrogens is 266 g/mol. The van der Waals surface area contributed by atoms with E-state index in [2.05, 4.69) is 0 Å². The van der Waals surface area contributed by atoms with Crippen molar-refractivity contribution in [3.63, 3.8) is 0 Å². The van der Waals surface area contributed by atoms with Gasteiger partial charge in [0.05, 0.1) is 5.56 Å². The lowest BCUT2D eigenvalue weighted by Crippen LogP contribution is -1.98. The number of Topliss-reactive ketones (excluding diaryl/α,β-unsaturated/α-hetero) is 1. The Kier molecular flexibility index (Phi) is 3.98. The second kappa shape index (κ2) is 5.69. The highest BCUT2D eigenvalue weighted by Gasteiger charge is 2.08. The van der Waals surface area contributed by atoms with E-state index in [-0.39, 0.29) is 23.7 Å². The first-order chi connectivity index (χ1) is 9.45. The molecule has 2 aromatic rings. The summed E-state index contributed by atoms with van der Waals surface area (Å²) in [6.07, 6.45) is 0. The molecule has 0 aromatic heterocycles. The minimum atomic E-state index is -0.682. The molecular formula is C15H12F2O3. The maximum absolute atomic E-state index is 13.0. The quantitative estimate of drug-likeness (QED) is 0.871. The molecule has 0 spiro atoms. The fourth-order valence-corrected chi connectivity index (χ4v) is 1.76. The molecule has 5 heteroatoms. The number of aromatic hydroxyl groups is 1. The van der Waals surface area contributed by atoms with Crippen LogP contribution in [0.15, 0.2) is 36.4 Å². The molecule has 0 radical (unpaired) electrons. The lowest BCUT2D eigenvalue weighted by molar-refractivity contribution is 0.101. The highest BCUT2D eigenvalue weighted by atomic mass is 19.1. The molecule has 0 saturated heterocycles. The average Bonchev–Trinajstić information content (AvgIpc) is 2.35. The van der Waals surface area contributed by atoms with Crippen LogP contribution in [-0.2, 0) is 6.61 Å². The third kappa shape index (κ3) is 3.32. The Morgan fingerprint density at radius 2 is 1.80 bits per heavy atom. The van der Waals surface area contributed by atoms with Crippen LogP contribution in [-0.4, -0.2) is 10.9 Å². The maximum Gasteiger partial charge on any atom is 0.163 e. The summed E-state index contributed by atoms with van der Waals surface area (Å²) in [7, 11) is 0. The molecule has 20 heavy (non-hydrogen) atoms. The third-order valence-electron chi connectivity index (χ3n) is 2.68. The number of benzene rings is 2. The van der Waals surface area contributed by atoms with Gasteiger partial charge in [0.15, 0.2) is 5.78 Å². The first-order valence-corrected chi connectivity index (χ1v) is 5.87. The summed E-state index contributed by atoms with van der Waals surface area (Å²) in [4.78, 5) is 11.1. The molecule has 2 aromatic carbocycles. The predicted molar refractivity (Wildman–Crippen MR) is 68.8 cm³/mol. The summed E-state index contributed by atoms with van der Waals surface area (Å²) < 4.78 is 31.3. The van der Waals surface area contributed by atoms with Crippen LogP contribution >= 0.6 is 0 Å². The molecule has 0 aliphatic carbocycles. The van der Waals surface area contributed by atoms with E-state index in [1.807, 2.05) is 0 Å². The number of carbonyl (C=O) groups is 1. The van der Waals surface area contributed by atoms with Crippen molar-refractivity contribution in [2.24, 2.45) is 0 Å². The van der Waals surface area contributed by atoms with Gasteiger partial charge in [-0.15, -0.1) is 0 Å². The Balaban J connectivity index is 2.11. The summed E-state index contributed by atoms with van der Waals surface area (Å²) in [5.74, 6) is -1.52. The van der Waals surface area contributed by atoms with Gasteiger partial charge in [-0.25, -0.2) is 8.78 Å². The van der Waals surface area contributed by atoms with E-state index in [0.717, 1.165) is 18.2 Å². The van der Waals surface area contributed by atoms with Gasteiger partial charge < -0.3 is 9.84 Å². The van der Waals surface area contributed by atoms with Gasteiger partial charge in [-0.05, 0) is 36.8 Å². The van der Waals surface area contributed by atoms with Crippen molar-refractivity contribution >= 4 is 5.78 Å². The largest absolute Gasteiger partial charge is 0.507 e. The van der Waals surface area contributed by atoms with Crippen LogP contribution in [0.3, 0.4) is 0 Å². The Morgan fingerprint density at radius 3 is 2.35 bits per heavy atom. The average molecular weight is 278 g/mol. The number of phenolic OH excluding ortho intramolecular Hbond substituents is 1. The van der Waals surface area contributed by atoms with Crippen molar-refractivity contribution in [3.8, 4) is 11.5 Å². The molecule has 1 N–H and O–H groups in total. The van der Waals surface area contributed by atoms with Gasteiger partial charge in [0.2, 0.25) is 0 Å². The summed E-state index contributed by atoms with van der Waals surface area (Å²) in [5, 5.41) is 9.63. The van der Waals surface area contributed by atoms with Gasteiger partial charge in [-0.3, -0.25) is 4.79 Å². The van der Waals surface area contributed by atoms with Gasteiger partial charge >= 0.3 is 0 Å². The number of halogens is 2. The molecule has 0 aliphatic rings. The van der Waals surface area contributed by atoms with Crippen molar-refractivity contribution in [3.05, 3.63) is 59.2 Å². The highest BCUT2D eigenvalue weighted by Crippen LogP contribution is 2.24. The highest BCUT2D eigenvalue weighted by molar-refractivity contribution is 5.96. The molecule has 0 bridgehead atoms. The van der Waals surface area contributed by atoms with E-state index >= 15 is 0 Å². The molecule has 0 unspecified atom stereocenters. The van der Waals surface area contributed by atoms with Crippen molar-refractivity contribution in [1.29, 1.82) is 0 Å². The van der Waals surface area contributed by atoms with E-state index in [1.54, 1.807) is 0 Å². The van der Waals surface area contributed by atoms with Gasteiger partial charge in [0.25, 0.3) is 0 Å². The molecule has 0 amide bonds. The Bertz CT molecular complexity index is 633. The third-order valence-corrected chi connectivity index (χ3v) is 2.68. The topological polar surface area (TPSA) is 46.5 Å². The monoisotopic (exact) mass is 278 g/mol. The fourth-order valence-electron chi connectivity index (χ4n) is 1.76. The SMILES string of the molecule is CC(=O)c1ccc(OCc2cc(F)cc(F)c2)cc1O. The normalized spacial score (nSPS) is 10.3. The predicted octanol–water partition coefficient (Wildman–Crippen LogP) is 3.45. The minimum Gasteiger partial charge on any atom is -0.507 e. The molecule has 0 saturated carbocycles. The number of hydrogen-bond donors (Lipinski definition) is 1. The van der Waals surface area contributed by atoms with Gasteiger partial charge in [0, 0.05) is 12.1 Å². The second-order valence-corrected chi connectivity index (χ2v) is 4.30. The summed E-state index contributed by atoms with van der Waals surface area (Å²) in [6.45, 7) is 1.29. The van der Waals surface area contributed by atoms with Crippen LogP contribution in [0.2, 0.25) is 0 Å². The van der Waals surface area contributed by atoms with Crippen LogP contribution in [0.1, 0.15) is 22.8 Å². The van der Waals surface area contributed by atoms with E-state index < -0.39 is 11.6 Å². The molecule has 0 aliphatic heterocycles. The van der Waals surface area contributed by atoms with Crippen molar-refractivity contribution in [2.45, 2.75) is 13.5 Å². The molecule has 0 heterocycles. The Morgan fingerprint density at radius 1 is 1.15 bits per heavy atom. The number of ether oxygens (including phenoxy) is 1. The Hall–Kier alpha value is -2.43. The van der Waals surface area contributed by atoms with Gasteiger partial charge in [-0.1, -0.05) is 0 Å². The van der Waals surface area contributed by atoms with Crippen LogP contribution in [0.4, 0.5) is 8.78 Å². The fraction of sp³-hybridized carbons (Fsp3) is 0.133. The van der Waals surface area contributed by atoms with E-state index in [9.17, 15) is 18.7 Å². The van der Waals surface area contributed by atoms with E-state index in [1.165, 1.54) is 25.1 Å². The summed E-state index contributed by atoms with van der Waals surface area (Å²) in [5.41, 5.74) is 0.520. The lowest BCUT2D eigenvalue weighted by atomic mass is 10.1. The first kappa shape index (κ1) is 14.0. The maximum atomic E-state index is 13.0. The minimum absolute atomic E-state index is 0.0481. The van der Waals surface area contributed by atoms with Crippen LogP contribution in [0, 0.1) is 11.6 Å². The zero-order valence-corrected chi connectivity index (χ0v) is 10.7. The molecule has 2 rings (SSSR count). The van der Waals surface area contributed by atoms with Crippen LogP contribution in [0.25, 0.3) is 0 Å². The van der Waals surface area contributed by atoms with Crippen LogP contribution < -0.4 is 4.74 Å². The van der Waals surface area contributed by atoms with Gasteiger partial charge in [0.1, 0.15) is 29.7 Å². The molecule has 104 valence electrons. The first-order valence-electron chi connectivity index (χ1n) is 5.87. The van der Waals surface area contributed by atoms with Crippen molar-refractivity contribution in [1.82, 2.24) is 0 Å². The molecule has 3 nitrogen and oxygen atoms in total. The summed E-state index contributed by atoms with van der Waals surface area (Å²) >= 11 is 0. The number of hydrogen-bond acceptors (Lipinski definition) is 3. The van der Waals surface area contributed by atoms with Crippen LogP contribution in [0.5, 0.6) is 11.5 Å². The number of ketones is 1. The number of carbonyl (C=O) groups excluding carboxylic acids is 1. The molecule has 0 fully saturated rings. The van der Waals surface area contributed by atoms with Gasteiger partial charge in [-0.2, -0.15) is 0 Å². The standard InChI is InChI=1S/C15H12F2O3/c1-9(18)14-3-2-13(7-15(14)19)20-8-10-4-11(16)6-12(17)5-10/h2-7,19H,8H2,1H3. The van der Waals surface area contributed by atoms with Crippen molar-refractivity contribution in [2.75, 3.05) is 0 Å². The second-order valence-electron chi connectivity index (χ2n) is 4.30. The van der Waals surface area contributed by atoms with Crippen molar-refractivity contribution < 1.29 is 23.4 Å². The summed E-state index contributed by atoms with van der Waals surface area (Å²) in [6, 6.07) is 7.31. The molecule has 0 atom stereocenters. The smallest absolute Gasteiger partial charge is 0.163 e. The number of rotatable bonds is 4. The zero-order chi connectivity index (χ0) is 14.7. The zero-order valence-electron chi connectivity index (χ0n) is 10.7. The lowest BCUT2D eigenvalue weighted by Gasteiger charge is -2.08. The van der Waals surface area contributed by atoms with E-state index in [0.29, 0.717) is 11.3 Å². The van der Waals surface area contributed by atoms with E-state index in [4.69, 9.17) is 4.74 Å². The number of phenols is 1. The Labute approximate surface area is 114 Å².